The maximum atomic E-state index is 4.52. The normalized spacial score (nSPS) is 11.4. The predicted molar refractivity (Wildman–Crippen MR) is 97.5 cm³/mol. The minimum Gasteiger partial charge on any atom is -0.361 e. The number of fused-ring (bicyclic) bond motifs is 1. The van der Waals surface area contributed by atoms with Gasteiger partial charge in [-0.3, -0.25) is 4.90 Å². The summed E-state index contributed by atoms with van der Waals surface area (Å²) in [5.41, 5.74) is 4.74. The van der Waals surface area contributed by atoms with Crippen molar-refractivity contribution in [2.75, 3.05) is 7.05 Å². The highest BCUT2D eigenvalue weighted by atomic mass is 15.1. The van der Waals surface area contributed by atoms with E-state index in [1.807, 2.05) is 30.6 Å². The van der Waals surface area contributed by atoms with Crippen molar-refractivity contribution in [3.05, 3.63) is 78.4 Å². The van der Waals surface area contributed by atoms with Crippen LogP contribution in [0.5, 0.6) is 0 Å². The van der Waals surface area contributed by atoms with Crippen LogP contribution in [-0.4, -0.2) is 26.9 Å². The fourth-order valence-electron chi connectivity index (χ4n) is 3.09. The smallest absolute Gasteiger partial charge is 0.120 e. The quantitative estimate of drug-likeness (QED) is 0.580. The molecule has 4 rings (SSSR count). The molecule has 0 unspecified atom stereocenters. The molecule has 0 aliphatic heterocycles. The number of aromatic amines is 2. The van der Waals surface area contributed by atoms with Crippen LogP contribution < -0.4 is 0 Å². The van der Waals surface area contributed by atoms with Crippen LogP contribution in [0.15, 0.2) is 67.0 Å². The van der Waals surface area contributed by atoms with Crippen LogP contribution in [0.3, 0.4) is 0 Å². The molecule has 4 aromatic rings. The fraction of sp³-hybridized carbons (Fsp3) is 0.150. The number of rotatable bonds is 5. The van der Waals surface area contributed by atoms with Crippen LogP contribution in [-0.2, 0) is 13.1 Å². The van der Waals surface area contributed by atoms with Crippen molar-refractivity contribution in [1.82, 2.24) is 19.9 Å². The second-order valence-electron chi connectivity index (χ2n) is 6.14. The molecule has 0 fully saturated rings. The topological polar surface area (TPSA) is 47.7 Å². The molecule has 0 spiro atoms. The molecule has 0 bridgehead atoms. The van der Waals surface area contributed by atoms with E-state index in [0.717, 1.165) is 30.2 Å². The number of H-pyrrole nitrogens is 2. The lowest BCUT2D eigenvalue weighted by molar-refractivity contribution is 0.312. The van der Waals surface area contributed by atoms with Crippen molar-refractivity contribution in [3.8, 4) is 11.3 Å². The molecule has 2 aromatic heterocycles. The molecule has 4 heteroatoms. The number of hydrogen-bond donors (Lipinski definition) is 2. The van der Waals surface area contributed by atoms with Crippen molar-refractivity contribution in [2.45, 2.75) is 13.1 Å². The van der Waals surface area contributed by atoms with Gasteiger partial charge in [0.2, 0.25) is 0 Å². The molecule has 4 nitrogen and oxygen atoms in total. The first kappa shape index (κ1) is 14.7. The Bertz CT molecular complexity index is 936. The van der Waals surface area contributed by atoms with Crippen LogP contribution in [0.2, 0.25) is 0 Å². The summed E-state index contributed by atoms with van der Waals surface area (Å²) in [6.45, 7) is 1.66. The zero-order valence-corrected chi connectivity index (χ0v) is 13.7. The molecule has 0 radical (unpaired) electrons. The highest BCUT2D eigenvalue weighted by molar-refractivity contribution is 5.82. The number of nitrogens with zero attached hydrogens (tertiary/aromatic N) is 2. The van der Waals surface area contributed by atoms with E-state index in [4.69, 9.17) is 0 Å². The fourth-order valence-corrected chi connectivity index (χ4v) is 3.09. The van der Waals surface area contributed by atoms with Gasteiger partial charge >= 0.3 is 0 Å². The predicted octanol–water partition coefficient (Wildman–Crippen LogP) is 4.19. The molecule has 2 aromatic carbocycles. The molecular weight excluding hydrogens is 296 g/mol. The Morgan fingerprint density at radius 3 is 2.71 bits per heavy atom. The van der Waals surface area contributed by atoms with Gasteiger partial charge in [0.25, 0.3) is 0 Å². The summed E-state index contributed by atoms with van der Waals surface area (Å²) in [7, 11) is 2.12. The molecule has 0 saturated carbocycles. The van der Waals surface area contributed by atoms with Gasteiger partial charge < -0.3 is 9.97 Å². The molecule has 2 N–H and O–H groups in total. The molecule has 0 aliphatic rings. The van der Waals surface area contributed by atoms with Gasteiger partial charge in [0.05, 0.1) is 18.4 Å². The summed E-state index contributed by atoms with van der Waals surface area (Å²) in [5, 5.41) is 1.25. The number of imidazole rings is 1. The molecule has 0 saturated heterocycles. The molecule has 0 atom stereocenters. The third-order valence-corrected chi connectivity index (χ3v) is 4.25. The van der Waals surface area contributed by atoms with E-state index in [2.05, 4.69) is 63.3 Å². The molecular formula is C20H20N4. The molecule has 0 amide bonds. The van der Waals surface area contributed by atoms with E-state index in [1.54, 1.807) is 0 Å². The van der Waals surface area contributed by atoms with E-state index >= 15 is 0 Å². The Balaban J connectivity index is 1.48. The zero-order valence-electron chi connectivity index (χ0n) is 13.7. The van der Waals surface area contributed by atoms with E-state index < -0.39 is 0 Å². The van der Waals surface area contributed by atoms with Gasteiger partial charge in [-0.25, -0.2) is 4.98 Å². The van der Waals surface area contributed by atoms with E-state index in [1.165, 1.54) is 16.5 Å². The first-order valence-electron chi connectivity index (χ1n) is 8.12. The average Bonchev–Trinajstić information content (AvgIpc) is 3.25. The minimum absolute atomic E-state index is 0.782. The van der Waals surface area contributed by atoms with Gasteiger partial charge in [0.15, 0.2) is 0 Å². The van der Waals surface area contributed by atoms with Crippen molar-refractivity contribution >= 4 is 10.9 Å². The lowest BCUT2D eigenvalue weighted by Crippen LogP contribution is -2.18. The Labute approximate surface area is 141 Å². The zero-order chi connectivity index (χ0) is 16.4. The van der Waals surface area contributed by atoms with Crippen LogP contribution >= 0.6 is 0 Å². The average molecular weight is 316 g/mol. The Hall–Kier alpha value is -2.85. The maximum Gasteiger partial charge on any atom is 0.120 e. The summed E-state index contributed by atoms with van der Waals surface area (Å²) in [5.74, 6) is 0.981. The molecule has 0 aliphatic carbocycles. The van der Waals surface area contributed by atoms with Gasteiger partial charge in [-0.15, -0.1) is 0 Å². The minimum atomic E-state index is 0.782. The number of aromatic nitrogens is 3. The Kier molecular flexibility index (Phi) is 3.89. The van der Waals surface area contributed by atoms with Crippen LogP contribution in [0, 0.1) is 0 Å². The highest BCUT2D eigenvalue weighted by Crippen LogP contribution is 2.20. The Morgan fingerprint density at radius 2 is 1.83 bits per heavy atom. The van der Waals surface area contributed by atoms with Crippen LogP contribution in [0.4, 0.5) is 0 Å². The highest BCUT2D eigenvalue weighted by Gasteiger charge is 2.09. The molecule has 120 valence electrons. The second-order valence-corrected chi connectivity index (χ2v) is 6.14. The number of nitrogens with one attached hydrogen (secondary N) is 2. The van der Waals surface area contributed by atoms with Crippen molar-refractivity contribution < 1.29 is 0 Å². The largest absolute Gasteiger partial charge is 0.361 e. The van der Waals surface area contributed by atoms with E-state index in [-0.39, 0.29) is 0 Å². The van der Waals surface area contributed by atoms with Crippen LogP contribution in [0.25, 0.3) is 22.2 Å². The molecule has 24 heavy (non-hydrogen) atoms. The van der Waals surface area contributed by atoms with Gasteiger partial charge in [-0.2, -0.15) is 0 Å². The lowest BCUT2D eigenvalue weighted by Gasteiger charge is -2.15. The van der Waals surface area contributed by atoms with E-state index in [0.29, 0.717) is 0 Å². The van der Waals surface area contributed by atoms with Crippen molar-refractivity contribution in [3.63, 3.8) is 0 Å². The van der Waals surface area contributed by atoms with E-state index in [9.17, 15) is 0 Å². The third kappa shape index (κ3) is 2.96. The number of benzene rings is 2. The number of hydrogen-bond acceptors (Lipinski definition) is 2. The first-order chi connectivity index (χ1) is 11.8. The summed E-state index contributed by atoms with van der Waals surface area (Å²) in [4.78, 5) is 13.5. The summed E-state index contributed by atoms with van der Waals surface area (Å²) in [6.07, 6.45) is 3.90. The first-order valence-corrected chi connectivity index (χ1v) is 8.12. The Morgan fingerprint density at radius 1 is 0.958 bits per heavy atom. The third-order valence-electron chi connectivity index (χ3n) is 4.25. The lowest BCUT2D eigenvalue weighted by atomic mass is 10.1. The van der Waals surface area contributed by atoms with Crippen molar-refractivity contribution in [2.24, 2.45) is 0 Å². The van der Waals surface area contributed by atoms with Crippen molar-refractivity contribution in [1.29, 1.82) is 0 Å². The van der Waals surface area contributed by atoms with Gasteiger partial charge in [0, 0.05) is 18.3 Å². The van der Waals surface area contributed by atoms with Gasteiger partial charge in [-0.05, 0) is 29.6 Å². The molecule has 2 heterocycles. The summed E-state index contributed by atoms with van der Waals surface area (Å²) < 4.78 is 0. The van der Waals surface area contributed by atoms with Crippen LogP contribution in [0.1, 0.15) is 11.4 Å². The summed E-state index contributed by atoms with van der Waals surface area (Å²) >= 11 is 0. The SMILES string of the molecule is CN(Cc1ncc(-c2ccccc2)[nH]1)Cc1cccc2cc[nH]c12. The standard InChI is InChI=1S/C20H20N4/c1-24(13-17-9-5-8-16-10-11-21-20(16)17)14-19-22-12-18(23-19)15-6-3-2-4-7-15/h2-12,21H,13-14H2,1H3,(H,22,23). The number of para-hydroxylation sites is 1. The summed E-state index contributed by atoms with van der Waals surface area (Å²) in [6, 6.07) is 18.8. The monoisotopic (exact) mass is 316 g/mol. The van der Waals surface area contributed by atoms with Gasteiger partial charge in [-0.1, -0.05) is 48.5 Å². The van der Waals surface area contributed by atoms with Gasteiger partial charge in [0.1, 0.15) is 5.82 Å². The second kappa shape index (κ2) is 6.34. The maximum absolute atomic E-state index is 4.52.